The summed E-state index contributed by atoms with van der Waals surface area (Å²) >= 11 is 3.43. The molecule has 2 heterocycles. The molecule has 1 aliphatic heterocycles. The summed E-state index contributed by atoms with van der Waals surface area (Å²) < 4.78 is 7.78. The summed E-state index contributed by atoms with van der Waals surface area (Å²) in [6.45, 7) is 1.36. The average molecular weight is 351 g/mol. The summed E-state index contributed by atoms with van der Waals surface area (Å²) in [6.07, 6.45) is 4.37. The lowest BCUT2D eigenvalue weighted by atomic mass is 10.2. The van der Waals surface area contributed by atoms with E-state index in [-0.39, 0.29) is 11.9 Å². The molecule has 1 aliphatic rings. The number of halogens is 1. The minimum absolute atomic E-state index is 0.00314. The van der Waals surface area contributed by atoms with Crippen LogP contribution in [0, 0.1) is 0 Å². The van der Waals surface area contributed by atoms with Gasteiger partial charge in [0.2, 0.25) is 0 Å². The van der Waals surface area contributed by atoms with Crippen molar-refractivity contribution in [2.24, 2.45) is 0 Å². The Bertz CT molecular complexity index is 644. The van der Waals surface area contributed by atoms with Crippen molar-refractivity contribution in [2.75, 3.05) is 20.2 Å². The van der Waals surface area contributed by atoms with Gasteiger partial charge in [0.15, 0.2) is 0 Å². The molecule has 0 unspecified atom stereocenters. The molecule has 6 nitrogen and oxygen atoms in total. The van der Waals surface area contributed by atoms with Crippen molar-refractivity contribution in [1.82, 2.24) is 19.9 Å². The second kappa shape index (κ2) is 5.85. The summed E-state index contributed by atoms with van der Waals surface area (Å²) in [5, 5.41) is 7.83. The third-order valence-corrected chi connectivity index (χ3v) is 4.36. The van der Waals surface area contributed by atoms with Crippen LogP contribution in [0.3, 0.4) is 0 Å². The molecule has 0 N–H and O–H groups in total. The van der Waals surface area contributed by atoms with Crippen molar-refractivity contribution >= 4 is 21.8 Å². The second-order valence-corrected chi connectivity index (χ2v) is 5.78. The Kier molecular flexibility index (Phi) is 3.92. The van der Waals surface area contributed by atoms with E-state index in [0.29, 0.717) is 24.4 Å². The first-order chi connectivity index (χ1) is 10.2. The smallest absolute Gasteiger partial charge is 0.255 e. The van der Waals surface area contributed by atoms with Crippen LogP contribution in [-0.2, 0) is 0 Å². The van der Waals surface area contributed by atoms with E-state index in [9.17, 15) is 4.79 Å². The maximum Gasteiger partial charge on any atom is 0.255 e. The number of benzene rings is 1. The highest BCUT2D eigenvalue weighted by Gasteiger charge is 2.29. The lowest BCUT2D eigenvalue weighted by Crippen LogP contribution is -2.29. The van der Waals surface area contributed by atoms with Crippen LogP contribution in [0.4, 0.5) is 0 Å². The zero-order valence-corrected chi connectivity index (χ0v) is 13.2. The number of carbonyl (C=O) groups excluding carboxylic acids is 1. The molecule has 110 valence electrons. The number of methoxy groups -OCH3 is 1. The molecule has 1 fully saturated rings. The summed E-state index contributed by atoms with van der Waals surface area (Å²) in [4.78, 5) is 14.5. The highest BCUT2D eigenvalue weighted by atomic mass is 79.9. The molecule has 1 saturated heterocycles. The Balaban J connectivity index is 1.77. The van der Waals surface area contributed by atoms with E-state index in [4.69, 9.17) is 4.74 Å². The zero-order valence-electron chi connectivity index (χ0n) is 11.6. The number of hydrogen-bond acceptors (Lipinski definition) is 4. The molecular weight excluding hydrogens is 336 g/mol. The van der Waals surface area contributed by atoms with E-state index in [2.05, 4.69) is 26.2 Å². The molecule has 3 rings (SSSR count). The van der Waals surface area contributed by atoms with Crippen LogP contribution in [0.2, 0.25) is 0 Å². The van der Waals surface area contributed by atoms with E-state index < -0.39 is 0 Å². The van der Waals surface area contributed by atoms with Crippen LogP contribution in [0.15, 0.2) is 35.1 Å². The predicted octanol–water partition coefficient (Wildman–Crippen LogP) is 2.14. The van der Waals surface area contributed by atoms with E-state index in [1.54, 1.807) is 19.4 Å². The first-order valence-electron chi connectivity index (χ1n) is 6.67. The lowest BCUT2D eigenvalue weighted by molar-refractivity contribution is 0.0785. The van der Waals surface area contributed by atoms with Crippen LogP contribution in [0.1, 0.15) is 22.8 Å². The van der Waals surface area contributed by atoms with E-state index >= 15 is 0 Å². The molecule has 1 atom stereocenters. The van der Waals surface area contributed by atoms with Crippen LogP contribution in [0.5, 0.6) is 5.75 Å². The molecule has 1 aromatic heterocycles. The first-order valence-corrected chi connectivity index (χ1v) is 7.47. The van der Waals surface area contributed by atoms with Crippen LogP contribution >= 0.6 is 15.9 Å². The molecule has 1 amide bonds. The fourth-order valence-electron chi connectivity index (χ4n) is 2.52. The third kappa shape index (κ3) is 2.78. The fraction of sp³-hybridized carbons (Fsp3) is 0.357. The van der Waals surface area contributed by atoms with Gasteiger partial charge in [0.05, 0.1) is 24.9 Å². The molecule has 7 heteroatoms. The van der Waals surface area contributed by atoms with Gasteiger partial charge in [-0.1, -0.05) is 5.21 Å². The molecule has 0 bridgehead atoms. The second-order valence-electron chi connectivity index (χ2n) is 4.92. The maximum absolute atomic E-state index is 12.6. The normalized spacial score (nSPS) is 18.0. The van der Waals surface area contributed by atoms with E-state index in [1.807, 2.05) is 27.9 Å². The van der Waals surface area contributed by atoms with Crippen molar-refractivity contribution in [3.63, 3.8) is 0 Å². The zero-order chi connectivity index (χ0) is 14.8. The average Bonchev–Trinajstić information content (AvgIpc) is 3.18. The Labute approximate surface area is 130 Å². The number of nitrogens with zero attached hydrogens (tertiary/aromatic N) is 4. The Morgan fingerprint density at radius 3 is 3.05 bits per heavy atom. The molecule has 0 radical (unpaired) electrons. The monoisotopic (exact) mass is 350 g/mol. The number of hydrogen-bond donors (Lipinski definition) is 0. The van der Waals surface area contributed by atoms with Gasteiger partial charge >= 0.3 is 0 Å². The standard InChI is InChI=1S/C14H15BrN4O2/c1-21-11-2-3-13(15)12(8-11)14(20)18-6-4-10(9-18)19-7-5-16-17-19/h2-3,5,7-8,10H,4,6,9H2,1H3/t10-/m0/s1. The van der Waals surface area contributed by atoms with Gasteiger partial charge in [-0.05, 0) is 40.5 Å². The predicted molar refractivity (Wildman–Crippen MR) is 80.3 cm³/mol. The SMILES string of the molecule is COc1ccc(Br)c(C(=O)N2CC[C@H](n3ccnn3)C2)c1. The topological polar surface area (TPSA) is 60.2 Å². The molecular formula is C14H15BrN4O2. The minimum Gasteiger partial charge on any atom is -0.497 e. The number of likely N-dealkylation sites (tertiary alicyclic amines) is 1. The molecule has 2 aromatic rings. The summed E-state index contributed by atoms with van der Waals surface area (Å²) in [5.41, 5.74) is 0.619. The molecule has 0 spiro atoms. The van der Waals surface area contributed by atoms with Crippen molar-refractivity contribution < 1.29 is 9.53 Å². The number of aromatic nitrogens is 3. The molecule has 0 aliphatic carbocycles. The van der Waals surface area contributed by atoms with Crippen molar-refractivity contribution in [2.45, 2.75) is 12.5 Å². The van der Waals surface area contributed by atoms with E-state index in [1.165, 1.54) is 0 Å². The van der Waals surface area contributed by atoms with E-state index in [0.717, 1.165) is 10.9 Å². The van der Waals surface area contributed by atoms with Gasteiger partial charge in [0.1, 0.15) is 5.75 Å². The summed E-state index contributed by atoms with van der Waals surface area (Å²) in [6, 6.07) is 5.61. The first kappa shape index (κ1) is 14.1. The number of amides is 1. The lowest BCUT2D eigenvalue weighted by Gasteiger charge is -2.18. The van der Waals surface area contributed by atoms with Crippen molar-refractivity contribution in [3.05, 3.63) is 40.6 Å². The highest BCUT2D eigenvalue weighted by Crippen LogP contribution is 2.27. The summed E-state index contributed by atoms with van der Waals surface area (Å²) in [5.74, 6) is 0.678. The van der Waals surface area contributed by atoms with Crippen LogP contribution < -0.4 is 4.74 Å². The van der Waals surface area contributed by atoms with Crippen molar-refractivity contribution in [3.8, 4) is 5.75 Å². The quantitative estimate of drug-likeness (QED) is 0.850. The van der Waals surface area contributed by atoms with Gasteiger partial charge in [0, 0.05) is 23.8 Å². The number of ether oxygens (including phenoxy) is 1. The Morgan fingerprint density at radius 2 is 2.33 bits per heavy atom. The van der Waals surface area contributed by atoms with Crippen molar-refractivity contribution in [1.29, 1.82) is 0 Å². The molecule has 21 heavy (non-hydrogen) atoms. The highest BCUT2D eigenvalue weighted by molar-refractivity contribution is 9.10. The molecule has 1 aromatic carbocycles. The minimum atomic E-state index is 0.00314. The Hall–Kier alpha value is -1.89. The van der Waals surface area contributed by atoms with Crippen LogP contribution in [0.25, 0.3) is 0 Å². The van der Waals surface area contributed by atoms with Gasteiger partial charge in [-0.15, -0.1) is 5.10 Å². The third-order valence-electron chi connectivity index (χ3n) is 3.67. The van der Waals surface area contributed by atoms with Gasteiger partial charge < -0.3 is 9.64 Å². The van der Waals surface area contributed by atoms with Gasteiger partial charge in [-0.2, -0.15) is 0 Å². The van der Waals surface area contributed by atoms with Gasteiger partial charge in [0.25, 0.3) is 5.91 Å². The summed E-state index contributed by atoms with van der Waals surface area (Å²) in [7, 11) is 1.59. The number of rotatable bonds is 3. The largest absolute Gasteiger partial charge is 0.497 e. The van der Waals surface area contributed by atoms with Gasteiger partial charge in [-0.25, -0.2) is 4.68 Å². The fourth-order valence-corrected chi connectivity index (χ4v) is 2.94. The maximum atomic E-state index is 12.6. The molecule has 0 saturated carbocycles. The van der Waals surface area contributed by atoms with Gasteiger partial charge in [-0.3, -0.25) is 4.79 Å². The number of carbonyl (C=O) groups is 1. The van der Waals surface area contributed by atoms with Crippen LogP contribution in [-0.4, -0.2) is 46.0 Å². The Morgan fingerprint density at radius 1 is 1.48 bits per heavy atom.